The first-order valence-electron chi connectivity index (χ1n) is 5.59. The number of halogens is 2. The molecule has 0 aliphatic carbocycles. The van der Waals surface area contributed by atoms with E-state index in [0.717, 1.165) is 5.56 Å². The Morgan fingerprint density at radius 2 is 1.74 bits per heavy atom. The molecule has 0 unspecified atom stereocenters. The van der Waals surface area contributed by atoms with Gasteiger partial charge in [-0.3, -0.25) is 4.79 Å². The third-order valence-electron chi connectivity index (χ3n) is 2.58. The second-order valence-corrected chi connectivity index (χ2v) is 5.08. The molecule has 0 bridgehead atoms. The first-order valence-corrected chi connectivity index (χ1v) is 6.35. The summed E-state index contributed by atoms with van der Waals surface area (Å²) in [6, 6.07) is 10.1. The van der Waals surface area contributed by atoms with Crippen molar-refractivity contribution in [2.45, 2.75) is 6.92 Å². The van der Waals surface area contributed by atoms with Crippen LogP contribution in [0.1, 0.15) is 15.9 Å². The number of benzene rings is 2. The summed E-state index contributed by atoms with van der Waals surface area (Å²) < 4.78 is 0. The van der Waals surface area contributed by atoms with E-state index in [2.05, 4.69) is 5.32 Å². The van der Waals surface area contributed by atoms with Crippen LogP contribution in [0.2, 0.25) is 10.0 Å². The van der Waals surface area contributed by atoms with E-state index in [1.807, 2.05) is 13.0 Å². The Bertz CT molecular complexity index is 621. The summed E-state index contributed by atoms with van der Waals surface area (Å²) in [5.74, 6) is -0.306. The van der Waals surface area contributed by atoms with E-state index in [0.29, 0.717) is 27.0 Å². The zero-order valence-corrected chi connectivity index (χ0v) is 11.7. The topological polar surface area (TPSA) is 55.1 Å². The molecule has 3 nitrogen and oxygen atoms in total. The van der Waals surface area contributed by atoms with E-state index in [1.54, 1.807) is 30.3 Å². The maximum atomic E-state index is 12.1. The zero-order chi connectivity index (χ0) is 14.0. The molecule has 98 valence electrons. The second kappa shape index (κ2) is 5.51. The minimum atomic E-state index is -0.306. The van der Waals surface area contributed by atoms with Crippen LogP contribution in [0.25, 0.3) is 0 Å². The Balaban J connectivity index is 2.25. The summed E-state index contributed by atoms with van der Waals surface area (Å²) in [6.45, 7) is 1.93. The SMILES string of the molecule is Cc1ccc(NC(=O)c2cc(Cl)cc(Cl)c2)c(N)c1. The number of carbonyl (C=O) groups excluding carboxylic acids is 1. The maximum Gasteiger partial charge on any atom is 0.255 e. The van der Waals surface area contributed by atoms with E-state index < -0.39 is 0 Å². The van der Waals surface area contributed by atoms with Crippen LogP contribution in [0.3, 0.4) is 0 Å². The number of amides is 1. The summed E-state index contributed by atoms with van der Waals surface area (Å²) >= 11 is 11.7. The largest absolute Gasteiger partial charge is 0.397 e. The first-order chi connectivity index (χ1) is 8.95. The Morgan fingerprint density at radius 1 is 1.11 bits per heavy atom. The van der Waals surface area contributed by atoms with Gasteiger partial charge in [0.05, 0.1) is 11.4 Å². The lowest BCUT2D eigenvalue weighted by molar-refractivity contribution is 0.102. The van der Waals surface area contributed by atoms with Crippen molar-refractivity contribution in [1.82, 2.24) is 0 Å². The molecular formula is C14H12Cl2N2O. The number of rotatable bonds is 2. The minimum Gasteiger partial charge on any atom is -0.397 e. The van der Waals surface area contributed by atoms with Crippen LogP contribution in [0, 0.1) is 6.92 Å². The lowest BCUT2D eigenvalue weighted by Crippen LogP contribution is -2.13. The third-order valence-corrected chi connectivity index (χ3v) is 3.02. The summed E-state index contributed by atoms with van der Waals surface area (Å²) in [7, 11) is 0. The number of aryl methyl sites for hydroxylation is 1. The number of nitrogens with two attached hydrogens (primary N) is 1. The molecule has 0 radical (unpaired) electrons. The highest BCUT2D eigenvalue weighted by molar-refractivity contribution is 6.35. The van der Waals surface area contributed by atoms with Crippen molar-refractivity contribution in [3.8, 4) is 0 Å². The van der Waals surface area contributed by atoms with Gasteiger partial charge in [0.1, 0.15) is 0 Å². The van der Waals surface area contributed by atoms with Crippen LogP contribution in [0.15, 0.2) is 36.4 Å². The Morgan fingerprint density at radius 3 is 2.32 bits per heavy atom. The molecule has 2 aromatic carbocycles. The highest BCUT2D eigenvalue weighted by Crippen LogP contribution is 2.23. The van der Waals surface area contributed by atoms with Gasteiger partial charge in [-0.25, -0.2) is 0 Å². The van der Waals surface area contributed by atoms with Crippen LogP contribution in [-0.4, -0.2) is 5.91 Å². The van der Waals surface area contributed by atoms with Crippen molar-refractivity contribution in [3.05, 3.63) is 57.6 Å². The van der Waals surface area contributed by atoms with E-state index in [4.69, 9.17) is 28.9 Å². The lowest BCUT2D eigenvalue weighted by Gasteiger charge is -2.09. The van der Waals surface area contributed by atoms with E-state index >= 15 is 0 Å². The van der Waals surface area contributed by atoms with Gasteiger partial charge in [-0.1, -0.05) is 29.3 Å². The quantitative estimate of drug-likeness (QED) is 0.818. The molecule has 0 aliphatic rings. The molecule has 0 fully saturated rings. The highest BCUT2D eigenvalue weighted by atomic mass is 35.5. The highest BCUT2D eigenvalue weighted by Gasteiger charge is 2.10. The second-order valence-electron chi connectivity index (χ2n) is 4.20. The predicted octanol–water partition coefficient (Wildman–Crippen LogP) is 4.14. The van der Waals surface area contributed by atoms with Gasteiger partial charge in [0, 0.05) is 15.6 Å². The van der Waals surface area contributed by atoms with Crippen molar-refractivity contribution in [2.75, 3.05) is 11.1 Å². The summed E-state index contributed by atoms with van der Waals surface area (Å²) in [5, 5.41) is 3.55. The summed E-state index contributed by atoms with van der Waals surface area (Å²) in [4.78, 5) is 12.1. The molecule has 3 N–H and O–H groups in total. The molecule has 0 spiro atoms. The van der Waals surface area contributed by atoms with Gasteiger partial charge in [-0.15, -0.1) is 0 Å². The van der Waals surface area contributed by atoms with Gasteiger partial charge in [0.2, 0.25) is 0 Å². The van der Waals surface area contributed by atoms with E-state index in [1.165, 1.54) is 0 Å². The van der Waals surface area contributed by atoms with E-state index in [-0.39, 0.29) is 5.91 Å². The normalized spacial score (nSPS) is 10.3. The summed E-state index contributed by atoms with van der Waals surface area (Å²) in [6.07, 6.45) is 0. The van der Waals surface area contributed by atoms with Gasteiger partial charge >= 0.3 is 0 Å². The molecule has 0 saturated carbocycles. The first kappa shape index (κ1) is 13.7. The fraction of sp³-hybridized carbons (Fsp3) is 0.0714. The van der Waals surface area contributed by atoms with Crippen LogP contribution >= 0.6 is 23.2 Å². The number of anilines is 2. The average molecular weight is 295 g/mol. The zero-order valence-electron chi connectivity index (χ0n) is 10.2. The molecule has 0 aromatic heterocycles. The number of nitrogen functional groups attached to an aromatic ring is 1. The van der Waals surface area contributed by atoms with Crippen LogP contribution < -0.4 is 11.1 Å². The van der Waals surface area contributed by atoms with Gasteiger partial charge in [-0.2, -0.15) is 0 Å². The molecular weight excluding hydrogens is 283 g/mol. The molecule has 19 heavy (non-hydrogen) atoms. The van der Waals surface area contributed by atoms with Gasteiger partial charge in [0.25, 0.3) is 5.91 Å². The molecule has 1 amide bonds. The van der Waals surface area contributed by atoms with Crippen molar-refractivity contribution in [2.24, 2.45) is 0 Å². The number of hydrogen-bond acceptors (Lipinski definition) is 2. The Labute approximate surface area is 121 Å². The lowest BCUT2D eigenvalue weighted by atomic mass is 10.1. The standard InChI is InChI=1S/C14H12Cl2N2O/c1-8-2-3-13(12(17)4-8)18-14(19)9-5-10(15)7-11(16)6-9/h2-7H,17H2,1H3,(H,18,19). The number of carbonyl (C=O) groups is 1. The predicted molar refractivity (Wildman–Crippen MR) is 80.0 cm³/mol. The van der Waals surface area contributed by atoms with Crippen LogP contribution in [-0.2, 0) is 0 Å². The number of nitrogens with one attached hydrogen (secondary N) is 1. The number of hydrogen-bond donors (Lipinski definition) is 2. The smallest absolute Gasteiger partial charge is 0.255 e. The van der Waals surface area contributed by atoms with Crippen LogP contribution in [0.5, 0.6) is 0 Å². The fourth-order valence-electron chi connectivity index (χ4n) is 1.68. The average Bonchev–Trinajstić information content (AvgIpc) is 2.31. The Hall–Kier alpha value is -1.71. The molecule has 2 rings (SSSR count). The summed E-state index contributed by atoms with van der Waals surface area (Å²) in [5.41, 5.74) is 8.33. The van der Waals surface area contributed by atoms with E-state index in [9.17, 15) is 4.79 Å². The maximum absolute atomic E-state index is 12.1. The molecule has 0 heterocycles. The molecule has 0 atom stereocenters. The third kappa shape index (κ3) is 3.40. The molecule has 5 heteroatoms. The van der Waals surface area contributed by atoms with Crippen molar-refractivity contribution in [3.63, 3.8) is 0 Å². The Kier molecular flexibility index (Phi) is 3.98. The fourth-order valence-corrected chi connectivity index (χ4v) is 2.20. The van der Waals surface area contributed by atoms with Gasteiger partial charge in [0.15, 0.2) is 0 Å². The van der Waals surface area contributed by atoms with Crippen molar-refractivity contribution >= 4 is 40.5 Å². The molecule has 0 aliphatic heterocycles. The van der Waals surface area contributed by atoms with Crippen molar-refractivity contribution in [1.29, 1.82) is 0 Å². The van der Waals surface area contributed by atoms with Gasteiger partial charge in [-0.05, 0) is 42.8 Å². The molecule has 2 aromatic rings. The monoisotopic (exact) mass is 294 g/mol. The minimum absolute atomic E-state index is 0.306. The van der Waals surface area contributed by atoms with Crippen LogP contribution in [0.4, 0.5) is 11.4 Å². The van der Waals surface area contributed by atoms with Crippen molar-refractivity contribution < 1.29 is 4.79 Å². The molecule has 0 saturated heterocycles. The van der Waals surface area contributed by atoms with Gasteiger partial charge < -0.3 is 11.1 Å².